The Labute approximate surface area is 358 Å². The highest BCUT2D eigenvalue weighted by Crippen LogP contribution is 2.51. The molecule has 8 rings (SSSR count). The van der Waals surface area contributed by atoms with Crippen LogP contribution in [0.25, 0.3) is 0 Å². The van der Waals surface area contributed by atoms with Crippen LogP contribution >= 0.6 is 0 Å². The Bertz CT molecular complexity index is 1660. The Hall–Kier alpha value is -3.06. The van der Waals surface area contributed by atoms with Gasteiger partial charge in [-0.05, 0) is 66.8 Å². The lowest BCUT2D eigenvalue weighted by atomic mass is 9.82. The number of halogens is 2. The zero-order valence-electron chi connectivity index (χ0n) is 33.7. The third-order valence-corrected chi connectivity index (χ3v) is 14.6. The molecule has 12 heteroatoms. The topological polar surface area (TPSA) is 105 Å². The van der Waals surface area contributed by atoms with Crippen LogP contribution in [0, 0.1) is 23.7 Å². The Morgan fingerprint density at radius 3 is 1.19 bits per heavy atom. The van der Waals surface area contributed by atoms with E-state index in [1.54, 1.807) is 13.8 Å². The van der Waals surface area contributed by atoms with Gasteiger partial charge in [0.05, 0.1) is 50.1 Å². The summed E-state index contributed by atoms with van der Waals surface area (Å²) in [7, 11) is 4.67. The summed E-state index contributed by atoms with van der Waals surface area (Å²) in [6, 6.07) is 17.3. The SMILES string of the molecule is CCC(=O)Oc1ccc(C[N+]2(C)C3CCC2CC(OC(=O)C2C4C=CC(C4)C2C(=O)OC2CC4CCC(C2)[N+]4(C)Cc2ccc(OC(=O)CC)cc2)C3)cc1.[Br-].[Br-]. The van der Waals surface area contributed by atoms with Crippen LogP contribution in [0.2, 0.25) is 0 Å². The highest BCUT2D eigenvalue weighted by atomic mass is 79.9. The Morgan fingerprint density at radius 2 is 0.877 bits per heavy atom. The predicted molar refractivity (Wildman–Crippen MR) is 204 cm³/mol. The number of allylic oxidation sites excluding steroid dienone is 2. The second-order valence-corrected chi connectivity index (χ2v) is 17.8. The highest BCUT2D eigenvalue weighted by Gasteiger charge is 2.57. The second kappa shape index (κ2) is 17.7. The molecule has 2 aliphatic carbocycles. The number of quaternary nitrogens is 2. The summed E-state index contributed by atoms with van der Waals surface area (Å²) < 4.78 is 25.4. The first kappa shape index (κ1) is 43.5. The molecule has 0 spiro atoms. The molecule has 0 radical (unpaired) electrons. The van der Waals surface area contributed by atoms with Gasteiger partial charge < -0.3 is 61.9 Å². The van der Waals surface area contributed by atoms with Crippen LogP contribution in [0.3, 0.4) is 0 Å². The smallest absolute Gasteiger partial charge is 0.310 e. The molecule has 10 nitrogen and oxygen atoms in total. The number of piperidine rings is 2. The molecule has 4 heterocycles. The Balaban J connectivity index is 0.00000275. The van der Waals surface area contributed by atoms with Gasteiger partial charge >= 0.3 is 23.9 Å². The van der Waals surface area contributed by atoms with Crippen molar-refractivity contribution in [2.45, 2.75) is 134 Å². The van der Waals surface area contributed by atoms with E-state index in [0.29, 0.717) is 48.5 Å². The van der Waals surface area contributed by atoms with Gasteiger partial charge in [0.2, 0.25) is 0 Å². The summed E-state index contributed by atoms with van der Waals surface area (Å²) in [5.41, 5.74) is 2.41. The first-order valence-corrected chi connectivity index (χ1v) is 20.8. The molecule has 4 saturated heterocycles. The maximum atomic E-state index is 14.1. The quantitative estimate of drug-likeness (QED) is 0.134. The van der Waals surface area contributed by atoms with Crippen molar-refractivity contribution in [2.24, 2.45) is 23.7 Å². The molecule has 0 N–H and O–H groups in total. The fraction of sp³-hybridized carbons (Fsp3) is 0.600. The molecule has 8 atom stereocenters. The molecule has 8 unspecified atom stereocenters. The van der Waals surface area contributed by atoms with Gasteiger partial charge in [-0.2, -0.15) is 0 Å². The lowest BCUT2D eigenvalue weighted by molar-refractivity contribution is -0.961. The van der Waals surface area contributed by atoms with E-state index in [1.807, 2.05) is 24.3 Å². The van der Waals surface area contributed by atoms with E-state index in [2.05, 4.69) is 50.5 Å². The molecular formula is C45H58Br2N2O8. The van der Waals surface area contributed by atoms with E-state index in [9.17, 15) is 19.2 Å². The van der Waals surface area contributed by atoms with Gasteiger partial charge in [-0.15, -0.1) is 0 Å². The number of ether oxygens (including phenoxy) is 4. The van der Waals surface area contributed by atoms with Crippen LogP contribution < -0.4 is 43.4 Å². The average Bonchev–Trinajstić information content (AvgIpc) is 3.84. The van der Waals surface area contributed by atoms with Gasteiger partial charge in [0.1, 0.15) is 36.8 Å². The van der Waals surface area contributed by atoms with Crippen molar-refractivity contribution in [3.8, 4) is 11.5 Å². The van der Waals surface area contributed by atoms with Crippen LogP contribution in [-0.2, 0) is 41.7 Å². The van der Waals surface area contributed by atoms with Crippen molar-refractivity contribution >= 4 is 23.9 Å². The number of fused-ring (bicyclic) bond motifs is 6. The van der Waals surface area contributed by atoms with Gasteiger partial charge in [-0.25, -0.2) is 0 Å². The van der Waals surface area contributed by atoms with E-state index >= 15 is 0 Å². The van der Waals surface area contributed by atoms with Crippen molar-refractivity contribution in [3.05, 3.63) is 71.8 Å². The molecule has 5 fully saturated rings. The monoisotopic (exact) mass is 912 g/mol. The largest absolute Gasteiger partial charge is 1.00 e. The van der Waals surface area contributed by atoms with E-state index in [4.69, 9.17) is 18.9 Å². The van der Waals surface area contributed by atoms with Crippen molar-refractivity contribution in [3.63, 3.8) is 0 Å². The zero-order valence-corrected chi connectivity index (χ0v) is 36.8. The van der Waals surface area contributed by atoms with E-state index in [1.165, 1.54) is 11.1 Å². The number of nitrogens with zero attached hydrogens (tertiary/aromatic N) is 2. The lowest BCUT2D eigenvalue weighted by Crippen LogP contribution is -3.00. The Kier molecular flexibility index (Phi) is 13.5. The van der Waals surface area contributed by atoms with Gasteiger partial charge in [0.15, 0.2) is 0 Å². The maximum Gasteiger partial charge on any atom is 0.310 e. The Morgan fingerprint density at radius 1 is 0.544 bits per heavy atom. The van der Waals surface area contributed by atoms with Gasteiger partial charge in [0, 0.05) is 75.3 Å². The third-order valence-electron chi connectivity index (χ3n) is 14.6. The standard InChI is InChI=1S/C45H58N2O8.2BrH/c1-5-40(48)52-36-17-7-28(8-18-36)26-46(3)32-13-14-33(46)23-38(22-32)54-44(50)42-30-11-12-31(21-30)43(42)45(51)55-39-24-34-15-16-35(25-39)47(34,4)27-29-9-19-37(20-10-29)53-41(49)6-2;;/h7-12,17-20,30-35,38-39,42-43H,5-6,13-16,21-27H2,1-4H3;2*1H/q+2;;/p-2. The average molecular weight is 915 g/mol. The minimum absolute atomic E-state index is 0. The summed E-state index contributed by atoms with van der Waals surface area (Å²) in [5, 5.41) is 0. The van der Waals surface area contributed by atoms with Crippen LogP contribution in [0.4, 0.5) is 0 Å². The van der Waals surface area contributed by atoms with Crippen LogP contribution in [0.5, 0.6) is 11.5 Å². The number of carbonyl (C=O) groups excluding carboxylic acids is 4. The molecular weight excluding hydrogens is 856 g/mol. The minimum Gasteiger partial charge on any atom is -1.00 e. The number of carbonyl (C=O) groups is 4. The summed E-state index contributed by atoms with van der Waals surface area (Å²) in [4.78, 5) is 51.5. The summed E-state index contributed by atoms with van der Waals surface area (Å²) >= 11 is 0. The summed E-state index contributed by atoms with van der Waals surface area (Å²) in [6.07, 6.45) is 13.2. The van der Waals surface area contributed by atoms with Crippen LogP contribution in [0.15, 0.2) is 60.7 Å². The van der Waals surface area contributed by atoms with Gasteiger partial charge in [-0.1, -0.05) is 26.0 Å². The van der Waals surface area contributed by atoms with Gasteiger partial charge in [-0.3, -0.25) is 19.2 Å². The fourth-order valence-electron chi connectivity index (χ4n) is 11.6. The summed E-state index contributed by atoms with van der Waals surface area (Å²) in [6.45, 7) is 5.34. The molecule has 4 aliphatic heterocycles. The minimum atomic E-state index is -0.482. The molecule has 310 valence electrons. The van der Waals surface area contributed by atoms with Crippen molar-refractivity contribution in [2.75, 3.05) is 14.1 Å². The number of hydrogen-bond donors (Lipinski definition) is 0. The van der Waals surface area contributed by atoms with E-state index in [0.717, 1.165) is 79.8 Å². The maximum absolute atomic E-state index is 14.1. The molecule has 0 amide bonds. The van der Waals surface area contributed by atoms with Crippen molar-refractivity contribution in [1.82, 2.24) is 0 Å². The molecule has 1 saturated carbocycles. The number of rotatable bonds is 12. The molecule has 6 bridgehead atoms. The molecule has 2 aromatic rings. The number of esters is 4. The van der Waals surface area contributed by atoms with Crippen molar-refractivity contribution < 1.29 is 81.1 Å². The fourth-order valence-corrected chi connectivity index (χ4v) is 11.6. The number of benzene rings is 2. The summed E-state index contributed by atoms with van der Waals surface area (Å²) in [5.74, 6) is -0.686. The molecule has 0 aromatic heterocycles. The predicted octanol–water partition coefficient (Wildman–Crippen LogP) is 0.830. The van der Waals surface area contributed by atoms with Crippen LogP contribution in [0.1, 0.15) is 95.6 Å². The molecule has 6 aliphatic rings. The first-order valence-electron chi connectivity index (χ1n) is 20.8. The highest BCUT2D eigenvalue weighted by molar-refractivity contribution is 5.84. The number of hydrogen-bond acceptors (Lipinski definition) is 8. The van der Waals surface area contributed by atoms with E-state index < -0.39 is 11.8 Å². The van der Waals surface area contributed by atoms with E-state index in [-0.39, 0.29) is 81.9 Å². The first-order chi connectivity index (χ1) is 26.4. The van der Waals surface area contributed by atoms with Crippen molar-refractivity contribution in [1.29, 1.82) is 0 Å². The second-order valence-electron chi connectivity index (χ2n) is 17.8. The molecule has 57 heavy (non-hydrogen) atoms. The normalized spacial score (nSPS) is 35.4. The molecule has 2 aromatic carbocycles. The third kappa shape index (κ3) is 8.66. The van der Waals surface area contributed by atoms with Crippen LogP contribution in [-0.4, -0.2) is 83.3 Å². The lowest BCUT2D eigenvalue weighted by Gasteiger charge is -2.47. The van der Waals surface area contributed by atoms with Gasteiger partial charge in [0.25, 0.3) is 0 Å². The zero-order chi connectivity index (χ0) is 38.5.